The van der Waals surface area contributed by atoms with Gasteiger partial charge in [-0.3, -0.25) is 14.4 Å². The molecular weight excluding hydrogens is 700 g/mol. The van der Waals surface area contributed by atoms with Crippen LogP contribution < -0.4 is 19.9 Å². The lowest BCUT2D eigenvalue weighted by atomic mass is 9.72. The van der Waals surface area contributed by atoms with Crippen LogP contribution in [-0.4, -0.2) is 105 Å². The fraction of sp³-hybridized carbons (Fsp3) is 0.628. The maximum Gasteiger partial charge on any atom is 0.410 e. The second-order valence-corrected chi connectivity index (χ2v) is 17.6. The smallest absolute Gasteiger partial charge is 0.410 e. The lowest BCUT2D eigenvalue weighted by Crippen LogP contribution is -2.56. The van der Waals surface area contributed by atoms with E-state index >= 15 is 0 Å². The highest BCUT2D eigenvalue weighted by Crippen LogP contribution is 2.45. The van der Waals surface area contributed by atoms with Crippen LogP contribution in [0.3, 0.4) is 0 Å². The predicted octanol–water partition coefficient (Wildman–Crippen LogP) is 6.11. The van der Waals surface area contributed by atoms with Crippen LogP contribution >= 0.6 is 0 Å². The maximum atomic E-state index is 14.9. The summed E-state index contributed by atoms with van der Waals surface area (Å²) >= 11 is 0. The molecule has 3 heterocycles. The van der Waals surface area contributed by atoms with Crippen molar-refractivity contribution in [3.8, 4) is 5.75 Å². The van der Waals surface area contributed by atoms with Crippen LogP contribution in [0, 0.1) is 11.3 Å². The fourth-order valence-electron chi connectivity index (χ4n) is 8.32. The Kier molecular flexibility index (Phi) is 12.0. The number of rotatable bonds is 15. The maximum absolute atomic E-state index is 14.9. The number of ketones is 1. The van der Waals surface area contributed by atoms with E-state index < -0.39 is 28.6 Å². The molecule has 2 aromatic carbocycles. The van der Waals surface area contributed by atoms with Gasteiger partial charge in [0.2, 0.25) is 5.91 Å². The van der Waals surface area contributed by atoms with Gasteiger partial charge in [-0.25, -0.2) is 4.79 Å². The van der Waals surface area contributed by atoms with Crippen LogP contribution in [0.25, 0.3) is 0 Å². The zero-order valence-corrected chi connectivity index (χ0v) is 33.9. The number of likely N-dealkylation sites (tertiary alicyclic amines) is 1. The van der Waals surface area contributed by atoms with Gasteiger partial charge in [-0.05, 0) is 90.5 Å². The third-order valence-corrected chi connectivity index (χ3v) is 11.3. The van der Waals surface area contributed by atoms with Crippen molar-refractivity contribution in [2.45, 2.75) is 115 Å². The van der Waals surface area contributed by atoms with E-state index in [9.17, 15) is 19.2 Å². The van der Waals surface area contributed by atoms with Crippen molar-refractivity contribution in [2.75, 3.05) is 56.9 Å². The van der Waals surface area contributed by atoms with Gasteiger partial charge < -0.3 is 39.0 Å². The standard InChI is InChI=1S/C43H60N4O8/c1-41(2,3)55-40(51)45-26-29(25-43(6,27-45)36(48)24-33-37(44-33)32(19-22-53-8)28-13-10-9-11-14-28)38(49)47(30-15-16-30)31-17-18-35-34(23-31)46(20-12-21-52-7)39(50)42(4,5)54-35/h9-11,13-14,17-18,23,29-30,32-33,37,44H,12,15-16,19-22,24-27H2,1-8H3/t29-,32+,33?,37?,43-/m1/s1. The molecule has 1 N–H and O–H groups in total. The molecule has 1 saturated carbocycles. The lowest BCUT2D eigenvalue weighted by Gasteiger charge is -2.44. The Morgan fingerprint density at radius 3 is 2.38 bits per heavy atom. The van der Waals surface area contributed by atoms with Crippen molar-refractivity contribution in [3.05, 3.63) is 54.1 Å². The van der Waals surface area contributed by atoms with Gasteiger partial charge in [-0.15, -0.1) is 0 Å². The number of benzene rings is 2. The van der Waals surface area contributed by atoms with Gasteiger partial charge in [-0.2, -0.15) is 0 Å². The fourth-order valence-corrected chi connectivity index (χ4v) is 8.32. The van der Waals surface area contributed by atoms with E-state index in [1.807, 2.05) is 69.0 Å². The Bertz CT molecular complexity index is 1720. The highest BCUT2D eigenvalue weighted by molar-refractivity contribution is 6.04. The van der Waals surface area contributed by atoms with Crippen LogP contribution in [0.2, 0.25) is 0 Å². The number of carbonyl (C=O) groups is 4. The number of nitrogens with one attached hydrogen (secondary N) is 1. The molecule has 2 unspecified atom stereocenters. The van der Waals surface area contributed by atoms with E-state index in [4.69, 9.17) is 18.9 Å². The molecule has 2 saturated heterocycles. The van der Waals surface area contributed by atoms with E-state index in [1.165, 1.54) is 5.56 Å². The van der Waals surface area contributed by atoms with E-state index in [-0.39, 0.29) is 54.7 Å². The lowest BCUT2D eigenvalue weighted by molar-refractivity contribution is -0.135. The Labute approximate surface area is 326 Å². The van der Waals surface area contributed by atoms with Crippen LogP contribution in [0.4, 0.5) is 16.2 Å². The molecule has 3 fully saturated rings. The van der Waals surface area contributed by atoms with Gasteiger partial charge >= 0.3 is 6.09 Å². The molecule has 0 aromatic heterocycles. The van der Waals surface area contributed by atoms with Crippen LogP contribution in [0.1, 0.15) is 91.5 Å². The second-order valence-electron chi connectivity index (χ2n) is 17.6. The van der Waals surface area contributed by atoms with Gasteiger partial charge in [0.1, 0.15) is 17.1 Å². The van der Waals surface area contributed by atoms with Crippen molar-refractivity contribution in [3.63, 3.8) is 0 Å². The van der Waals surface area contributed by atoms with Crippen LogP contribution in [0.15, 0.2) is 48.5 Å². The van der Waals surface area contributed by atoms with Crippen molar-refractivity contribution in [1.29, 1.82) is 0 Å². The average Bonchev–Trinajstić information content (AvgIpc) is 4.08. The summed E-state index contributed by atoms with van der Waals surface area (Å²) < 4.78 is 22.7. The van der Waals surface area contributed by atoms with Crippen molar-refractivity contribution in [1.82, 2.24) is 10.2 Å². The molecule has 0 bridgehead atoms. The molecule has 55 heavy (non-hydrogen) atoms. The largest absolute Gasteiger partial charge is 0.476 e. The topological polar surface area (TPSA) is 137 Å². The zero-order valence-electron chi connectivity index (χ0n) is 33.9. The molecule has 4 aliphatic rings. The SMILES string of the molecule is COCCCN1C(=O)C(C)(C)Oc2ccc(N(C(=O)[C@H]3CN(C(=O)OC(C)(C)C)C[C@](C)(C(=O)CC4NC4[C@@H](CCOC)c4ccccc4)C3)C3CC3)cc21. The van der Waals surface area contributed by atoms with Crippen molar-refractivity contribution in [2.24, 2.45) is 11.3 Å². The van der Waals surface area contributed by atoms with Gasteiger partial charge in [0.05, 0.1) is 11.6 Å². The van der Waals surface area contributed by atoms with Crippen molar-refractivity contribution >= 4 is 35.1 Å². The van der Waals surface area contributed by atoms with E-state index in [1.54, 1.807) is 37.9 Å². The molecular formula is C43H60N4O8. The molecule has 2 aromatic rings. The number of anilines is 2. The molecule has 6 rings (SSSR count). The number of Topliss-reactive ketones (excluding diaryl/α,β-unsaturated/α-hetero) is 1. The molecule has 0 radical (unpaired) electrons. The molecule has 3 aliphatic heterocycles. The summed E-state index contributed by atoms with van der Waals surface area (Å²) in [6, 6.07) is 16.0. The highest BCUT2D eigenvalue weighted by Gasteiger charge is 2.52. The van der Waals surface area contributed by atoms with Gasteiger partial charge in [-0.1, -0.05) is 37.3 Å². The zero-order chi connectivity index (χ0) is 39.7. The molecule has 5 atom stereocenters. The summed E-state index contributed by atoms with van der Waals surface area (Å²) in [5.41, 5.74) is -0.289. The van der Waals surface area contributed by atoms with Crippen LogP contribution in [-0.2, 0) is 28.6 Å². The second kappa shape index (κ2) is 16.2. The number of carbonyl (C=O) groups excluding carboxylic acids is 4. The first-order valence-electron chi connectivity index (χ1n) is 19.8. The molecule has 12 nitrogen and oxygen atoms in total. The van der Waals surface area contributed by atoms with E-state index in [2.05, 4.69) is 17.4 Å². The van der Waals surface area contributed by atoms with Gasteiger partial charge in [0, 0.05) is 88.6 Å². The third-order valence-electron chi connectivity index (χ3n) is 11.3. The number of nitrogens with zero attached hydrogens (tertiary/aromatic N) is 3. The number of ether oxygens (including phenoxy) is 4. The quantitative estimate of drug-likeness (QED) is 0.169. The van der Waals surface area contributed by atoms with Gasteiger partial charge in [0.15, 0.2) is 5.60 Å². The summed E-state index contributed by atoms with van der Waals surface area (Å²) in [4.78, 5) is 61.7. The molecule has 0 spiro atoms. The first-order chi connectivity index (χ1) is 26.0. The first kappa shape index (κ1) is 40.7. The molecule has 12 heteroatoms. The van der Waals surface area contributed by atoms with Crippen molar-refractivity contribution < 1.29 is 38.1 Å². The molecule has 3 amide bonds. The number of methoxy groups -OCH3 is 2. The Morgan fingerprint density at radius 2 is 1.73 bits per heavy atom. The first-order valence-corrected chi connectivity index (χ1v) is 19.8. The van der Waals surface area contributed by atoms with E-state index in [0.717, 1.165) is 19.3 Å². The Morgan fingerprint density at radius 1 is 1.02 bits per heavy atom. The minimum Gasteiger partial charge on any atom is -0.476 e. The number of hydrogen-bond acceptors (Lipinski definition) is 9. The molecule has 1 aliphatic carbocycles. The average molecular weight is 761 g/mol. The number of hydrogen-bond donors (Lipinski definition) is 1. The summed E-state index contributed by atoms with van der Waals surface area (Å²) in [7, 11) is 3.34. The predicted molar refractivity (Wildman–Crippen MR) is 211 cm³/mol. The summed E-state index contributed by atoms with van der Waals surface area (Å²) in [5, 5.41) is 3.58. The minimum absolute atomic E-state index is 0.0161. The number of piperidine rings is 1. The Balaban J connectivity index is 1.26. The number of amides is 3. The highest BCUT2D eigenvalue weighted by atomic mass is 16.6. The summed E-state index contributed by atoms with van der Waals surface area (Å²) in [6.07, 6.45) is 3.20. The molecule has 300 valence electrons. The monoisotopic (exact) mass is 760 g/mol. The summed E-state index contributed by atoms with van der Waals surface area (Å²) in [5.74, 6) is -0.165. The minimum atomic E-state index is -1.04. The number of fused-ring (bicyclic) bond motifs is 1. The van der Waals surface area contributed by atoms with Crippen LogP contribution in [0.5, 0.6) is 5.75 Å². The van der Waals surface area contributed by atoms with E-state index in [0.29, 0.717) is 56.1 Å². The summed E-state index contributed by atoms with van der Waals surface area (Å²) in [6.45, 7) is 12.7. The Hall–Kier alpha value is -4.00. The normalized spacial score (nSPS) is 25.1. The third kappa shape index (κ3) is 9.35. The van der Waals surface area contributed by atoms with Gasteiger partial charge in [0.25, 0.3) is 5.91 Å².